The van der Waals surface area contributed by atoms with Crippen LogP contribution in [0, 0.1) is 13.8 Å². The van der Waals surface area contributed by atoms with Crippen molar-refractivity contribution in [3.05, 3.63) is 59.2 Å². The Balaban J connectivity index is 1.95. The second-order valence-corrected chi connectivity index (χ2v) is 5.24. The standard InChI is InChI=1S/C17H17F3N2O/c1-11-4-3-5-12(2)16(11)21-10-15(23)22-14-8-6-13(7-9-14)17(18,19)20/h3-9,21H,10H2,1-2H3,(H,22,23). The van der Waals surface area contributed by atoms with Gasteiger partial charge < -0.3 is 10.6 Å². The maximum Gasteiger partial charge on any atom is 0.416 e. The van der Waals surface area contributed by atoms with Crippen LogP contribution in [-0.4, -0.2) is 12.5 Å². The first kappa shape index (κ1) is 16.9. The summed E-state index contributed by atoms with van der Waals surface area (Å²) in [5.74, 6) is -0.326. The van der Waals surface area contributed by atoms with Gasteiger partial charge in [-0.25, -0.2) is 0 Å². The number of para-hydroxylation sites is 1. The van der Waals surface area contributed by atoms with Crippen LogP contribution in [0.2, 0.25) is 0 Å². The highest BCUT2D eigenvalue weighted by Gasteiger charge is 2.29. The molecule has 0 spiro atoms. The van der Waals surface area contributed by atoms with Crippen molar-refractivity contribution in [1.29, 1.82) is 0 Å². The number of anilines is 2. The van der Waals surface area contributed by atoms with Crippen molar-refractivity contribution in [2.75, 3.05) is 17.2 Å². The molecule has 2 rings (SSSR count). The van der Waals surface area contributed by atoms with Crippen molar-refractivity contribution in [3.8, 4) is 0 Å². The Morgan fingerprint density at radius 1 is 1.00 bits per heavy atom. The minimum absolute atomic E-state index is 0.0344. The quantitative estimate of drug-likeness (QED) is 0.877. The first-order valence-corrected chi connectivity index (χ1v) is 7.04. The summed E-state index contributed by atoms with van der Waals surface area (Å²) in [5.41, 5.74) is 2.50. The average molecular weight is 322 g/mol. The Bertz CT molecular complexity index is 674. The van der Waals surface area contributed by atoms with E-state index in [9.17, 15) is 18.0 Å². The summed E-state index contributed by atoms with van der Waals surface area (Å²) in [5, 5.41) is 5.61. The Morgan fingerprint density at radius 2 is 1.57 bits per heavy atom. The van der Waals surface area contributed by atoms with E-state index < -0.39 is 11.7 Å². The Morgan fingerprint density at radius 3 is 2.09 bits per heavy atom. The van der Waals surface area contributed by atoms with E-state index in [1.807, 2.05) is 32.0 Å². The number of carbonyl (C=O) groups is 1. The Kier molecular flexibility index (Phi) is 4.93. The number of amides is 1. The maximum atomic E-state index is 12.5. The molecule has 0 saturated carbocycles. The van der Waals surface area contributed by atoms with Crippen molar-refractivity contribution < 1.29 is 18.0 Å². The summed E-state index contributed by atoms with van der Waals surface area (Å²) in [6.07, 6.45) is -4.38. The molecule has 1 amide bonds. The molecule has 2 N–H and O–H groups in total. The zero-order chi connectivity index (χ0) is 17.0. The molecule has 0 aliphatic heterocycles. The summed E-state index contributed by atoms with van der Waals surface area (Å²) in [4.78, 5) is 11.9. The van der Waals surface area contributed by atoms with E-state index in [2.05, 4.69) is 10.6 Å². The summed E-state index contributed by atoms with van der Waals surface area (Å²) >= 11 is 0. The van der Waals surface area contributed by atoms with Gasteiger partial charge in [-0.15, -0.1) is 0 Å². The predicted molar refractivity (Wildman–Crippen MR) is 84.5 cm³/mol. The highest BCUT2D eigenvalue weighted by molar-refractivity contribution is 5.93. The third-order valence-electron chi connectivity index (χ3n) is 3.40. The van der Waals surface area contributed by atoms with Gasteiger partial charge in [0.15, 0.2) is 0 Å². The molecule has 0 radical (unpaired) electrons. The van der Waals surface area contributed by atoms with E-state index in [1.54, 1.807) is 0 Å². The van der Waals surface area contributed by atoms with Crippen LogP contribution in [0.15, 0.2) is 42.5 Å². The molecule has 0 fully saturated rings. The number of alkyl halides is 3. The van der Waals surface area contributed by atoms with Gasteiger partial charge in [0.05, 0.1) is 12.1 Å². The molecule has 0 unspecified atom stereocenters. The van der Waals surface area contributed by atoms with Gasteiger partial charge >= 0.3 is 6.18 Å². The summed E-state index contributed by atoms with van der Waals surface area (Å²) in [7, 11) is 0. The molecule has 0 aliphatic carbocycles. The predicted octanol–water partition coefficient (Wildman–Crippen LogP) is 4.37. The summed E-state index contributed by atoms with van der Waals surface area (Å²) in [6, 6.07) is 10.1. The van der Waals surface area contributed by atoms with Crippen LogP contribution in [0.25, 0.3) is 0 Å². The molecule has 2 aromatic carbocycles. The molecule has 0 saturated heterocycles. The van der Waals surface area contributed by atoms with Crippen LogP contribution < -0.4 is 10.6 Å². The lowest BCUT2D eigenvalue weighted by atomic mass is 10.1. The molecule has 0 aliphatic rings. The zero-order valence-electron chi connectivity index (χ0n) is 12.8. The Hall–Kier alpha value is -2.50. The molecule has 122 valence electrons. The molecule has 6 heteroatoms. The molecule has 0 aromatic heterocycles. The number of hydrogen-bond donors (Lipinski definition) is 2. The van der Waals surface area contributed by atoms with Crippen LogP contribution in [0.1, 0.15) is 16.7 Å². The van der Waals surface area contributed by atoms with Crippen molar-refractivity contribution in [2.24, 2.45) is 0 Å². The SMILES string of the molecule is Cc1cccc(C)c1NCC(=O)Nc1ccc(C(F)(F)F)cc1. The van der Waals surface area contributed by atoms with Crippen molar-refractivity contribution in [3.63, 3.8) is 0 Å². The van der Waals surface area contributed by atoms with Crippen LogP contribution in [0.3, 0.4) is 0 Å². The lowest BCUT2D eigenvalue weighted by Gasteiger charge is -2.13. The average Bonchev–Trinajstić information content (AvgIpc) is 2.46. The van der Waals surface area contributed by atoms with Gasteiger partial charge in [0.1, 0.15) is 0 Å². The molecule has 0 atom stereocenters. The summed E-state index contributed by atoms with van der Waals surface area (Å²) in [6.45, 7) is 3.90. The molecule has 23 heavy (non-hydrogen) atoms. The molecular formula is C17H17F3N2O. The van der Waals surface area contributed by atoms with E-state index in [1.165, 1.54) is 12.1 Å². The first-order chi connectivity index (χ1) is 10.8. The van der Waals surface area contributed by atoms with E-state index >= 15 is 0 Å². The van der Waals surface area contributed by atoms with Gasteiger partial charge in [-0.1, -0.05) is 18.2 Å². The minimum atomic E-state index is -4.38. The molecule has 3 nitrogen and oxygen atoms in total. The Labute approximate surface area is 132 Å². The van der Waals surface area contributed by atoms with E-state index in [4.69, 9.17) is 0 Å². The highest BCUT2D eigenvalue weighted by atomic mass is 19.4. The van der Waals surface area contributed by atoms with Crippen molar-refractivity contribution in [1.82, 2.24) is 0 Å². The summed E-state index contributed by atoms with van der Waals surface area (Å²) < 4.78 is 37.4. The fraction of sp³-hybridized carbons (Fsp3) is 0.235. The lowest BCUT2D eigenvalue weighted by molar-refractivity contribution is -0.137. The maximum absolute atomic E-state index is 12.5. The lowest BCUT2D eigenvalue weighted by Crippen LogP contribution is -2.22. The van der Waals surface area contributed by atoms with Gasteiger partial charge in [0.2, 0.25) is 5.91 Å². The van der Waals surface area contributed by atoms with Gasteiger partial charge in [0.25, 0.3) is 0 Å². The van der Waals surface area contributed by atoms with Crippen LogP contribution in [0.4, 0.5) is 24.5 Å². The number of nitrogens with one attached hydrogen (secondary N) is 2. The molecule has 0 heterocycles. The number of benzene rings is 2. The van der Waals surface area contributed by atoms with Gasteiger partial charge in [-0.05, 0) is 49.2 Å². The topological polar surface area (TPSA) is 41.1 Å². The van der Waals surface area contributed by atoms with Crippen LogP contribution in [0.5, 0.6) is 0 Å². The largest absolute Gasteiger partial charge is 0.416 e. The van der Waals surface area contributed by atoms with Gasteiger partial charge in [-0.2, -0.15) is 13.2 Å². The smallest absolute Gasteiger partial charge is 0.376 e. The fourth-order valence-corrected chi connectivity index (χ4v) is 2.21. The minimum Gasteiger partial charge on any atom is -0.376 e. The highest BCUT2D eigenvalue weighted by Crippen LogP contribution is 2.29. The number of halogens is 3. The second kappa shape index (κ2) is 6.73. The normalized spacial score (nSPS) is 11.2. The third kappa shape index (κ3) is 4.48. The zero-order valence-corrected chi connectivity index (χ0v) is 12.8. The van der Waals surface area contributed by atoms with Gasteiger partial charge in [0, 0.05) is 11.4 Å². The molecular weight excluding hydrogens is 305 g/mol. The second-order valence-electron chi connectivity index (χ2n) is 5.24. The van der Waals surface area contributed by atoms with Gasteiger partial charge in [-0.3, -0.25) is 4.79 Å². The molecule has 0 bridgehead atoms. The molecule has 2 aromatic rings. The number of hydrogen-bond acceptors (Lipinski definition) is 2. The third-order valence-corrected chi connectivity index (χ3v) is 3.40. The van der Waals surface area contributed by atoms with E-state index in [0.29, 0.717) is 5.69 Å². The van der Waals surface area contributed by atoms with E-state index in [0.717, 1.165) is 28.9 Å². The monoisotopic (exact) mass is 322 g/mol. The number of rotatable bonds is 4. The van der Waals surface area contributed by atoms with Crippen molar-refractivity contribution >= 4 is 17.3 Å². The van der Waals surface area contributed by atoms with Crippen LogP contribution >= 0.6 is 0 Å². The number of aryl methyl sites for hydroxylation is 2. The fourth-order valence-electron chi connectivity index (χ4n) is 2.21. The van der Waals surface area contributed by atoms with Crippen molar-refractivity contribution in [2.45, 2.75) is 20.0 Å². The van der Waals surface area contributed by atoms with Crippen LogP contribution in [-0.2, 0) is 11.0 Å². The first-order valence-electron chi connectivity index (χ1n) is 7.04. The number of carbonyl (C=O) groups excluding carboxylic acids is 1. The van der Waals surface area contributed by atoms with E-state index in [-0.39, 0.29) is 12.5 Å².